The minimum atomic E-state index is -0.251. The van der Waals surface area contributed by atoms with Gasteiger partial charge in [0.25, 0.3) is 5.91 Å². The number of aromatic nitrogens is 2. The fourth-order valence-corrected chi connectivity index (χ4v) is 2.49. The van der Waals surface area contributed by atoms with Gasteiger partial charge in [0.05, 0.1) is 19.5 Å². The number of para-hydroxylation sites is 2. The highest BCUT2D eigenvalue weighted by atomic mass is 16.5. The van der Waals surface area contributed by atoms with Gasteiger partial charge in [0.15, 0.2) is 0 Å². The van der Waals surface area contributed by atoms with Gasteiger partial charge in [0, 0.05) is 12.2 Å². The molecule has 1 aromatic heterocycles. The molecule has 2 aromatic carbocycles. The largest absolute Gasteiger partial charge is 0.496 e. The highest BCUT2D eigenvalue weighted by molar-refractivity contribution is 5.92. The molecular formula is C20H20N4O2. The van der Waals surface area contributed by atoms with E-state index >= 15 is 0 Å². The lowest BCUT2D eigenvalue weighted by atomic mass is 10.1. The second-order valence-corrected chi connectivity index (χ2v) is 5.60. The molecule has 1 heterocycles. The molecule has 3 rings (SSSR count). The Morgan fingerprint density at radius 3 is 2.50 bits per heavy atom. The van der Waals surface area contributed by atoms with E-state index in [0.29, 0.717) is 18.8 Å². The first-order chi connectivity index (χ1) is 12.8. The molecule has 0 atom stereocenters. The molecule has 0 saturated heterocycles. The average Bonchev–Trinajstić information content (AvgIpc) is 2.69. The van der Waals surface area contributed by atoms with E-state index in [1.165, 1.54) is 6.20 Å². The number of methoxy groups -OCH3 is 1. The maximum atomic E-state index is 12.2. The molecule has 0 unspecified atom stereocenters. The number of ether oxygens (including phenoxy) is 1. The second kappa shape index (κ2) is 8.62. The lowest BCUT2D eigenvalue weighted by molar-refractivity contribution is 0.0948. The molecule has 0 bridgehead atoms. The van der Waals surface area contributed by atoms with E-state index in [1.807, 2.05) is 54.6 Å². The zero-order valence-corrected chi connectivity index (χ0v) is 14.5. The van der Waals surface area contributed by atoms with Crippen LogP contribution in [0.3, 0.4) is 0 Å². The van der Waals surface area contributed by atoms with Crippen molar-refractivity contribution in [3.63, 3.8) is 0 Å². The molecule has 6 nitrogen and oxygen atoms in total. The van der Waals surface area contributed by atoms with Crippen LogP contribution in [0.15, 0.2) is 67.0 Å². The van der Waals surface area contributed by atoms with Crippen molar-refractivity contribution in [1.82, 2.24) is 15.3 Å². The normalized spacial score (nSPS) is 10.2. The molecule has 1 amide bonds. The summed E-state index contributed by atoms with van der Waals surface area (Å²) in [5.74, 6) is 1.15. The number of anilines is 2. The number of nitrogens with zero attached hydrogens (tertiary/aromatic N) is 2. The van der Waals surface area contributed by atoms with Crippen molar-refractivity contribution < 1.29 is 9.53 Å². The van der Waals surface area contributed by atoms with Gasteiger partial charge in [0.2, 0.25) is 0 Å². The minimum absolute atomic E-state index is 0.251. The van der Waals surface area contributed by atoms with Gasteiger partial charge < -0.3 is 15.4 Å². The number of carbonyl (C=O) groups excluding carboxylic acids is 1. The van der Waals surface area contributed by atoms with Crippen LogP contribution in [0, 0.1) is 0 Å². The Kier molecular flexibility index (Phi) is 5.77. The second-order valence-electron chi connectivity index (χ2n) is 5.60. The van der Waals surface area contributed by atoms with Gasteiger partial charge in [-0.15, -0.1) is 0 Å². The predicted molar refractivity (Wildman–Crippen MR) is 101 cm³/mol. The maximum Gasteiger partial charge on any atom is 0.271 e. The van der Waals surface area contributed by atoms with Gasteiger partial charge in [-0.05, 0) is 30.2 Å². The summed E-state index contributed by atoms with van der Waals surface area (Å²) in [6, 6.07) is 17.4. The van der Waals surface area contributed by atoms with E-state index in [4.69, 9.17) is 4.74 Å². The van der Waals surface area contributed by atoms with Crippen LogP contribution in [-0.4, -0.2) is 29.5 Å². The molecule has 6 heteroatoms. The summed E-state index contributed by atoms with van der Waals surface area (Å²) in [5, 5.41) is 5.98. The van der Waals surface area contributed by atoms with Crippen LogP contribution < -0.4 is 15.4 Å². The van der Waals surface area contributed by atoms with Crippen molar-refractivity contribution in [2.24, 2.45) is 0 Å². The lowest BCUT2D eigenvalue weighted by Crippen LogP contribution is -2.26. The van der Waals surface area contributed by atoms with Crippen LogP contribution in [0.25, 0.3) is 0 Å². The number of benzene rings is 2. The number of nitrogens with one attached hydrogen (secondary N) is 2. The van der Waals surface area contributed by atoms with E-state index in [1.54, 1.807) is 13.3 Å². The van der Waals surface area contributed by atoms with Crippen molar-refractivity contribution in [1.29, 1.82) is 0 Å². The molecule has 26 heavy (non-hydrogen) atoms. The summed E-state index contributed by atoms with van der Waals surface area (Å²) in [7, 11) is 1.64. The van der Waals surface area contributed by atoms with E-state index in [0.717, 1.165) is 17.0 Å². The van der Waals surface area contributed by atoms with Gasteiger partial charge in [-0.1, -0.05) is 36.4 Å². The molecular weight excluding hydrogens is 328 g/mol. The smallest absolute Gasteiger partial charge is 0.271 e. The number of hydrogen-bond donors (Lipinski definition) is 2. The van der Waals surface area contributed by atoms with Crippen molar-refractivity contribution in [3.8, 4) is 5.75 Å². The molecule has 0 spiro atoms. The Bertz CT molecular complexity index is 851. The van der Waals surface area contributed by atoms with Gasteiger partial charge in [-0.25, -0.2) is 9.97 Å². The van der Waals surface area contributed by atoms with Crippen molar-refractivity contribution in [3.05, 3.63) is 78.2 Å². The Labute approximate surface area is 152 Å². The first-order valence-electron chi connectivity index (χ1n) is 8.30. The Balaban J connectivity index is 1.53. The van der Waals surface area contributed by atoms with Crippen LogP contribution in [0.2, 0.25) is 0 Å². The number of hydrogen-bond acceptors (Lipinski definition) is 5. The molecule has 0 saturated carbocycles. The molecule has 0 aliphatic carbocycles. The average molecular weight is 348 g/mol. The van der Waals surface area contributed by atoms with E-state index in [2.05, 4.69) is 20.6 Å². The van der Waals surface area contributed by atoms with Crippen LogP contribution in [-0.2, 0) is 6.42 Å². The van der Waals surface area contributed by atoms with E-state index in [-0.39, 0.29) is 11.6 Å². The van der Waals surface area contributed by atoms with E-state index in [9.17, 15) is 4.79 Å². The predicted octanol–water partition coefficient (Wildman–Crippen LogP) is 3.20. The third kappa shape index (κ3) is 4.57. The Morgan fingerprint density at radius 2 is 1.77 bits per heavy atom. The highest BCUT2D eigenvalue weighted by Gasteiger charge is 2.08. The third-order valence-electron chi connectivity index (χ3n) is 3.80. The molecule has 0 aliphatic rings. The van der Waals surface area contributed by atoms with Crippen LogP contribution in [0.5, 0.6) is 5.75 Å². The lowest BCUT2D eigenvalue weighted by Gasteiger charge is -2.09. The summed E-state index contributed by atoms with van der Waals surface area (Å²) in [5.41, 5.74) is 2.24. The van der Waals surface area contributed by atoms with Gasteiger partial charge >= 0.3 is 0 Å². The number of amides is 1. The molecule has 0 aliphatic heterocycles. The fraction of sp³-hybridized carbons (Fsp3) is 0.150. The monoisotopic (exact) mass is 348 g/mol. The third-order valence-corrected chi connectivity index (χ3v) is 3.80. The Morgan fingerprint density at radius 1 is 1.00 bits per heavy atom. The quantitative estimate of drug-likeness (QED) is 0.686. The molecule has 3 aromatic rings. The van der Waals surface area contributed by atoms with Crippen LogP contribution in [0.4, 0.5) is 11.5 Å². The summed E-state index contributed by atoms with van der Waals surface area (Å²) >= 11 is 0. The first kappa shape index (κ1) is 17.4. The zero-order chi connectivity index (χ0) is 18.2. The van der Waals surface area contributed by atoms with Crippen molar-refractivity contribution in [2.45, 2.75) is 6.42 Å². The summed E-state index contributed by atoms with van der Waals surface area (Å²) in [6.07, 6.45) is 3.68. The van der Waals surface area contributed by atoms with E-state index < -0.39 is 0 Å². The first-order valence-corrected chi connectivity index (χ1v) is 8.30. The number of rotatable bonds is 7. The van der Waals surface area contributed by atoms with Crippen LogP contribution in [0.1, 0.15) is 16.1 Å². The van der Waals surface area contributed by atoms with Crippen LogP contribution >= 0.6 is 0 Å². The zero-order valence-electron chi connectivity index (χ0n) is 14.5. The van der Waals surface area contributed by atoms with Gasteiger partial charge in [-0.3, -0.25) is 4.79 Å². The summed E-state index contributed by atoms with van der Waals surface area (Å²) < 4.78 is 5.31. The minimum Gasteiger partial charge on any atom is -0.496 e. The van der Waals surface area contributed by atoms with Crippen molar-refractivity contribution in [2.75, 3.05) is 19.0 Å². The van der Waals surface area contributed by atoms with Gasteiger partial charge in [0.1, 0.15) is 17.3 Å². The Hall–Kier alpha value is -3.41. The maximum absolute atomic E-state index is 12.2. The molecule has 2 N–H and O–H groups in total. The summed E-state index contributed by atoms with van der Waals surface area (Å²) in [6.45, 7) is 0.491. The molecule has 0 radical (unpaired) electrons. The fourth-order valence-electron chi connectivity index (χ4n) is 2.49. The standard InChI is InChI=1S/C20H20N4O2/c1-26-18-10-6-5-7-15(18)11-12-21-20(25)17-13-23-19(14-22-17)24-16-8-3-2-4-9-16/h2-10,13-14H,11-12H2,1H3,(H,21,25)(H,23,24). The summed E-state index contributed by atoms with van der Waals surface area (Å²) in [4.78, 5) is 20.6. The highest BCUT2D eigenvalue weighted by Crippen LogP contribution is 2.17. The number of carbonyl (C=O) groups is 1. The van der Waals surface area contributed by atoms with Gasteiger partial charge in [-0.2, -0.15) is 0 Å². The SMILES string of the molecule is COc1ccccc1CCNC(=O)c1cnc(Nc2ccccc2)cn1. The van der Waals surface area contributed by atoms with Crippen molar-refractivity contribution >= 4 is 17.4 Å². The topological polar surface area (TPSA) is 76.1 Å². The molecule has 132 valence electrons. The molecule has 0 fully saturated rings.